The zero-order valence-electron chi connectivity index (χ0n) is 17.9. The lowest BCUT2D eigenvalue weighted by Gasteiger charge is -2.37. The molecule has 0 bridgehead atoms. The zero-order valence-corrected chi connectivity index (χ0v) is 18.7. The van der Waals surface area contributed by atoms with Crippen molar-refractivity contribution in [3.8, 4) is 5.75 Å². The lowest BCUT2D eigenvalue weighted by molar-refractivity contribution is -0.147. The molecule has 0 aliphatic carbocycles. The lowest BCUT2D eigenvalue weighted by Crippen LogP contribution is -2.50. The number of benzene rings is 2. The molecular formula is C24H30N2O4S. The van der Waals surface area contributed by atoms with Crippen LogP contribution >= 0.6 is 11.8 Å². The second kappa shape index (κ2) is 9.94. The number of ether oxygens (including phenoxy) is 2. The van der Waals surface area contributed by atoms with Crippen LogP contribution < -0.4 is 9.64 Å². The Bertz CT molecular complexity index is 873. The number of nitrogens with zero attached hydrogens (tertiary/aromatic N) is 2. The van der Waals surface area contributed by atoms with Gasteiger partial charge in [0.25, 0.3) is 0 Å². The first kappa shape index (κ1) is 22.0. The predicted molar refractivity (Wildman–Crippen MR) is 123 cm³/mol. The molecule has 6 nitrogen and oxygen atoms in total. The molecule has 0 aromatic heterocycles. The molecule has 1 saturated heterocycles. The molecule has 2 aromatic carbocycles. The summed E-state index contributed by atoms with van der Waals surface area (Å²) in [4.78, 5) is 18.6. The first-order chi connectivity index (χ1) is 15.1. The molecule has 2 aliphatic heterocycles. The molecule has 1 fully saturated rings. The van der Waals surface area contributed by atoms with Gasteiger partial charge in [-0.15, -0.1) is 11.8 Å². The Morgan fingerprint density at radius 2 is 1.84 bits per heavy atom. The number of aliphatic hydroxyl groups excluding tert-OH is 1. The third kappa shape index (κ3) is 4.84. The van der Waals surface area contributed by atoms with Gasteiger partial charge in [-0.2, -0.15) is 0 Å². The van der Waals surface area contributed by atoms with E-state index in [1.807, 2.05) is 30.3 Å². The molecule has 2 atom stereocenters. The van der Waals surface area contributed by atoms with Gasteiger partial charge in [-0.3, -0.25) is 9.69 Å². The minimum Gasteiger partial charge on any atom is -0.490 e. The fourth-order valence-corrected chi connectivity index (χ4v) is 5.71. The predicted octanol–water partition coefficient (Wildman–Crippen LogP) is 3.05. The molecule has 4 rings (SSSR count). The molecule has 2 heterocycles. The van der Waals surface area contributed by atoms with E-state index in [1.54, 1.807) is 0 Å². The molecule has 0 unspecified atom stereocenters. The van der Waals surface area contributed by atoms with Crippen molar-refractivity contribution in [3.63, 3.8) is 0 Å². The van der Waals surface area contributed by atoms with Crippen LogP contribution in [0.5, 0.6) is 5.75 Å². The SMILES string of the molecule is COC(=O)[C@@]1(CCCN2CCN(c3ccccc3)CC2)Sc2ccccc2OC[C@@H]1O. The number of anilines is 1. The summed E-state index contributed by atoms with van der Waals surface area (Å²) in [5.74, 6) is 0.313. The number of fused-ring (bicyclic) bond motifs is 1. The lowest BCUT2D eigenvalue weighted by atomic mass is 9.95. The van der Waals surface area contributed by atoms with Gasteiger partial charge in [-0.1, -0.05) is 30.3 Å². The molecule has 1 N–H and O–H groups in total. The van der Waals surface area contributed by atoms with Crippen LogP contribution in [0.25, 0.3) is 0 Å². The Kier molecular flexibility index (Phi) is 7.05. The van der Waals surface area contributed by atoms with Gasteiger partial charge >= 0.3 is 5.97 Å². The van der Waals surface area contributed by atoms with E-state index in [4.69, 9.17) is 9.47 Å². The van der Waals surface area contributed by atoms with Crippen LogP contribution in [0.2, 0.25) is 0 Å². The molecule has 0 spiro atoms. The third-order valence-corrected chi connectivity index (χ3v) is 7.69. The van der Waals surface area contributed by atoms with Crippen LogP contribution in [0.4, 0.5) is 5.69 Å². The van der Waals surface area contributed by atoms with Crippen LogP contribution in [0.15, 0.2) is 59.5 Å². The fourth-order valence-electron chi connectivity index (χ4n) is 4.33. The number of rotatable bonds is 6. The third-order valence-electron chi connectivity index (χ3n) is 6.12. The summed E-state index contributed by atoms with van der Waals surface area (Å²) in [7, 11) is 1.39. The minimum atomic E-state index is -1.06. The van der Waals surface area contributed by atoms with Gasteiger partial charge in [0.2, 0.25) is 0 Å². The van der Waals surface area contributed by atoms with Crippen molar-refractivity contribution in [1.29, 1.82) is 0 Å². The summed E-state index contributed by atoms with van der Waals surface area (Å²) < 4.78 is 9.85. The highest BCUT2D eigenvalue weighted by molar-refractivity contribution is 8.01. The minimum absolute atomic E-state index is 0.0782. The number of thioether (sulfide) groups is 1. The summed E-state index contributed by atoms with van der Waals surface area (Å²) in [5.41, 5.74) is 1.27. The average Bonchev–Trinajstić information content (AvgIpc) is 2.97. The van der Waals surface area contributed by atoms with E-state index in [1.165, 1.54) is 24.6 Å². The van der Waals surface area contributed by atoms with Gasteiger partial charge in [0, 0.05) is 31.9 Å². The molecule has 0 radical (unpaired) electrons. The number of para-hydroxylation sites is 2. The summed E-state index contributed by atoms with van der Waals surface area (Å²) in [6.07, 6.45) is 0.390. The van der Waals surface area contributed by atoms with Gasteiger partial charge < -0.3 is 19.5 Å². The molecule has 7 heteroatoms. The van der Waals surface area contributed by atoms with E-state index >= 15 is 0 Å². The van der Waals surface area contributed by atoms with E-state index in [0.717, 1.165) is 44.0 Å². The molecular weight excluding hydrogens is 412 g/mol. The Labute approximate surface area is 188 Å². The first-order valence-electron chi connectivity index (χ1n) is 10.8. The number of hydrogen-bond acceptors (Lipinski definition) is 7. The summed E-state index contributed by atoms with van der Waals surface area (Å²) in [5, 5.41) is 10.9. The number of carbonyl (C=O) groups is 1. The molecule has 2 aromatic rings. The number of hydrogen-bond donors (Lipinski definition) is 1. The topological polar surface area (TPSA) is 62.2 Å². The van der Waals surface area contributed by atoms with E-state index < -0.39 is 10.9 Å². The number of carbonyl (C=O) groups excluding carboxylic acids is 1. The quantitative estimate of drug-likeness (QED) is 0.690. The average molecular weight is 443 g/mol. The van der Waals surface area contributed by atoms with E-state index in [9.17, 15) is 9.90 Å². The van der Waals surface area contributed by atoms with Crippen LogP contribution in [-0.4, -0.2) is 73.3 Å². The highest BCUT2D eigenvalue weighted by Crippen LogP contribution is 2.46. The largest absolute Gasteiger partial charge is 0.490 e. The summed E-state index contributed by atoms with van der Waals surface area (Å²) in [6, 6.07) is 18.1. The van der Waals surface area contributed by atoms with Crippen molar-refractivity contribution < 1.29 is 19.4 Å². The van der Waals surface area contributed by atoms with Crippen molar-refractivity contribution in [2.45, 2.75) is 28.6 Å². The molecule has 2 aliphatic rings. The number of piperazine rings is 1. The summed E-state index contributed by atoms with van der Waals surface area (Å²) >= 11 is 1.37. The Hall–Kier alpha value is -2.22. The standard InChI is InChI=1S/C24H30N2O4S/c1-29-23(28)24(22(27)18-30-20-10-5-6-11-21(20)31-24)12-7-13-25-14-16-26(17-15-25)19-8-3-2-4-9-19/h2-6,8-11,22,27H,7,12-18H2,1H3/t22-,24-/m0/s1. The van der Waals surface area contributed by atoms with Crippen LogP contribution in [0, 0.1) is 0 Å². The number of aliphatic hydroxyl groups is 1. The highest BCUT2D eigenvalue weighted by atomic mass is 32.2. The molecule has 0 saturated carbocycles. The van der Waals surface area contributed by atoms with Crippen molar-refractivity contribution in [2.75, 3.05) is 51.3 Å². The Morgan fingerprint density at radius 1 is 1.13 bits per heavy atom. The van der Waals surface area contributed by atoms with E-state index in [2.05, 4.69) is 34.1 Å². The first-order valence-corrected chi connectivity index (χ1v) is 11.6. The summed E-state index contributed by atoms with van der Waals surface area (Å²) in [6.45, 7) is 4.92. The van der Waals surface area contributed by atoms with Crippen molar-refractivity contribution in [2.24, 2.45) is 0 Å². The smallest absolute Gasteiger partial charge is 0.325 e. The van der Waals surface area contributed by atoms with Crippen LogP contribution in [-0.2, 0) is 9.53 Å². The molecule has 166 valence electrons. The molecule has 0 amide bonds. The van der Waals surface area contributed by atoms with E-state index in [0.29, 0.717) is 12.2 Å². The Morgan fingerprint density at radius 3 is 2.58 bits per heavy atom. The maximum Gasteiger partial charge on any atom is 0.325 e. The van der Waals surface area contributed by atoms with Gasteiger partial charge in [0.1, 0.15) is 23.2 Å². The van der Waals surface area contributed by atoms with Gasteiger partial charge in [0.15, 0.2) is 0 Å². The monoisotopic (exact) mass is 442 g/mol. The maximum absolute atomic E-state index is 12.9. The van der Waals surface area contributed by atoms with Crippen LogP contribution in [0.1, 0.15) is 12.8 Å². The van der Waals surface area contributed by atoms with Gasteiger partial charge in [-0.25, -0.2) is 0 Å². The highest BCUT2D eigenvalue weighted by Gasteiger charge is 2.49. The second-order valence-corrected chi connectivity index (χ2v) is 9.40. The normalized spacial score (nSPS) is 24.1. The Balaban J connectivity index is 1.38. The van der Waals surface area contributed by atoms with Crippen molar-refractivity contribution in [1.82, 2.24) is 4.90 Å². The second-order valence-electron chi connectivity index (χ2n) is 8.02. The number of methoxy groups -OCH3 is 1. The fraction of sp³-hybridized carbons (Fsp3) is 0.458. The van der Waals surface area contributed by atoms with E-state index in [-0.39, 0.29) is 12.6 Å². The van der Waals surface area contributed by atoms with Crippen molar-refractivity contribution in [3.05, 3.63) is 54.6 Å². The molecule has 31 heavy (non-hydrogen) atoms. The van der Waals surface area contributed by atoms with Crippen molar-refractivity contribution >= 4 is 23.4 Å². The zero-order chi connectivity index (χ0) is 21.7. The maximum atomic E-state index is 12.9. The number of esters is 1. The van der Waals surface area contributed by atoms with Gasteiger partial charge in [0.05, 0.1) is 12.0 Å². The van der Waals surface area contributed by atoms with Gasteiger partial charge in [-0.05, 0) is 43.7 Å². The van der Waals surface area contributed by atoms with Crippen LogP contribution in [0.3, 0.4) is 0 Å².